The lowest BCUT2D eigenvalue weighted by Gasteiger charge is -2.22. The van der Waals surface area contributed by atoms with Crippen molar-refractivity contribution in [2.24, 2.45) is 0 Å². The van der Waals surface area contributed by atoms with E-state index >= 15 is 0 Å². The average molecular weight is 353 g/mol. The van der Waals surface area contributed by atoms with Gasteiger partial charge in [0.15, 0.2) is 12.4 Å². The SMILES string of the molecule is CC(=O)NCc1ccc(C(=O)COC(=O)C(C)(C)c2ccccc2)cc1. The summed E-state index contributed by atoms with van der Waals surface area (Å²) >= 11 is 0. The molecule has 0 aliphatic heterocycles. The van der Waals surface area contributed by atoms with E-state index in [1.807, 2.05) is 30.3 Å². The van der Waals surface area contributed by atoms with Gasteiger partial charge in [-0.15, -0.1) is 0 Å². The molecule has 0 unspecified atom stereocenters. The molecule has 2 rings (SSSR count). The molecular formula is C21H23NO4. The monoisotopic (exact) mass is 353 g/mol. The average Bonchev–Trinajstić information content (AvgIpc) is 2.65. The van der Waals surface area contributed by atoms with Crippen LogP contribution >= 0.6 is 0 Å². The standard InChI is InChI=1S/C21H23NO4/c1-15(23)22-13-16-9-11-17(12-10-16)19(24)14-26-20(25)21(2,3)18-7-5-4-6-8-18/h4-12H,13-14H2,1-3H3,(H,22,23). The van der Waals surface area contributed by atoms with Gasteiger partial charge in [-0.25, -0.2) is 0 Å². The predicted molar refractivity (Wildman–Crippen MR) is 98.7 cm³/mol. The maximum Gasteiger partial charge on any atom is 0.316 e. The number of carbonyl (C=O) groups excluding carboxylic acids is 3. The van der Waals surface area contributed by atoms with E-state index in [0.29, 0.717) is 12.1 Å². The maximum absolute atomic E-state index is 12.4. The Hall–Kier alpha value is -2.95. The van der Waals surface area contributed by atoms with Gasteiger partial charge < -0.3 is 10.1 Å². The van der Waals surface area contributed by atoms with Crippen molar-refractivity contribution in [3.05, 3.63) is 71.3 Å². The van der Waals surface area contributed by atoms with Crippen LogP contribution in [0.2, 0.25) is 0 Å². The van der Waals surface area contributed by atoms with Gasteiger partial charge in [-0.1, -0.05) is 54.6 Å². The molecule has 26 heavy (non-hydrogen) atoms. The largest absolute Gasteiger partial charge is 0.457 e. The first-order valence-corrected chi connectivity index (χ1v) is 8.40. The predicted octanol–water partition coefficient (Wildman–Crippen LogP) is 3.03. The van der Waals surface area contributed by atoms with Crippen LogP contribution in [0.25, 0.3) is 0 Å². The van der Waals surface area contributed by atoms with E-state index < -0.39 is 11.4 Å². The molecule has 0 saturated carbocycles. The summed E-state index contributed by atoms with van der Waals surface area (Å²) in [6.07, 6.45) is 0. The number of carbonyl (C=O) groups is 3. The lowest BCUT2D eigenvalue weighted by atomic mass is 9.85. The molecule has 5 heteroatoms. The Balaban J connectivity index is 1.93. The Kier molecular flexibility index (Phi) is 6.28. The number of hydrogen-bond donors (Lipinski definition) is 1. The van der Waals surface area contributed by atoms with E-state index in [0.717, 1.165) is 11.1 Å². The summed E-state index contributed by atoms with van der Waals surface area (Å²) in [5.41, 5.74) is 1.35. The highest BCUT2D eigenvalue weighted by atomic mass is 16.5. The number of benzene rings is 2. The van der Waals surface area contributed by atoms with E-state index in [2.05, 4.69) is 5.32 Å². The molecule has 0 fully saturated rings. The number of ether oxygens (including phenoxy) is 1. The molecule has 0 spiro atoms. The van der Waals surface area contributed by atoms with Gasteiger partial charge in [-0.3, -0.25) is 14.4 Å². The molecule has 136 valence electrons. The second-order valence-electron chi connectivity index (χ2n) is 6.60. The molecule has 0 aliphatic carbocycles. The van der Waals surface area contributed by atoms with Gasteiger partial charge in [0.25, 0.3) is 0 Å². The molecule has 0 saturated heterocycles. The van der Waals surface area contributed by atoms with Crippen LogP contribution in [0.5, 0.6) is 0 Å². The minimum Gasteiger partial charge on any atom is -0.457 e. The summed E-state index contributed by atoms with van der Waals surface area (Å²) < 4.78 is 5.24. The highest BCUT2D eigenvalue weighted by molar-refractivity contribution is 5.98. The number of amides is 1. The van der Waals surface area contributed by atoms with Crippen LogP contribution in [0.1, 0.15) is 42.3 Å². The molecule has 1 N–H and O–H groups in total. The van der Waals surface area contributed by atoms with Crippen LogP contribution < -0.4 is 5.32 Å². The molecule has 0 heterocycles. The van der Waals surface area contributed by atoms with Crippen molar-refractivity contribution in [2.75, 3.05) is 6.61 Å². The second kappa shape index (κ2) is 8.43. The first kappa shape index (κ1) is 19.4. The maximum atomic E-state index is 12.4. The van der Waals surface area contributed by atoms with Crippen LogP contribution in [-0.4, -0.2) is 24.3 Å². The van der Waals surface area contributed by atoms with Crippen molar-refractivity contribution in [3.8, 4) is 0 Å². The van der Waals surface area contributed by atoms with Gasteiger partial charge in [0, 0.05) is 19.0 Å². The molecule has 1 amide bonds. The highest BCUT2D eigenvalue weighted by Crippen LogP contribution is 2.24. The molecular weight excluding hydrogens is 330 g/mol. The lowest BCUT2D eigenvalue weighted by molar-refractivity contribution is -0.148. The Labute approximate surface area is 153 Å². The molecule has 2 aromatic carbocycles. The molecule has 0 atom stereocenters. The number of Topliss-reactive ketones (excluding diaryl/α,β-unsaturated/α-hetero) is 1. The second-order valence-corrected chi connectivity index (χ2v) is 6.60. The van der Waals surface area contributed by atoms with Crippen molar-refractivity contribution in [1.82, 2.24) is 5.32 Å². The number of esters is 1. The zero-order valence-electron chi connectivity index (χ0n) is 15.2. The van der Waals surface area contributed by atoms with Crippen molar-refractivity contribution in [1.29, 1.82) is 0 Å². The zero-order chi connectivity index (χ0) is 19.2. The molecule has 0 aromatic heterocycles. The summed E-state index contributed by atoms with van der Waals surface area (Å²) in [6.45, 7) is 5.09. The fourth-order valence-electron chi connectivity index (χ4n) is 2.40. The molecule has 0 bridgehead atoms. The summed E-state index contributed by atoms with van der Waals surface area (Å²) in [6, 6.07) is 16.2. The van der Waals surface area contributed by atoms with Crippen molar-refractivity contribution < 1.29 is 19.1 Å². The molecule has 2 aromatic rings. The molecule has 5 nitrogen and oxygen atoms in total. The van der Waals surface area contributed by atoms with E-state index in [1.165, 1.54) is 6.92 Å². The third kappa shape index (κ3) is 5.02. The van der Waals surface area contributed by atoms with E-state index in [1.54, 1.807) is 38.1 Å². The summed E-state index contributed by atoms with van der Waals surface area (Å²) in [5, 5.41) is 2.69. The quantitative estimate of drug-likeness (QED) is 0.613. The van der Waals surface area contributed by atoms with Crippen LogP contribution in [0.15, 0.2) is 54.6 Å². The number of hydrogen-bond acceptors (Lipinski definition) is 4. The van der Waals surface area contributed by atoms with Gasteiger partial charge in [0.1, 0.15) is 0 Å². The van der Waals surface area contributed by atoms with Gasteiger partial charge in [-0.05, 0) is 25.0 Å². The molecule has 0 aliphatic rings. The Bertz CT molecular complexity index is 779. The molecule has 0 radical (unpaired) electrons. The van der Waals surface area contributed by atoms with Gasteiger partial charge in [0.2, 0.25) is 5.91 Å². The van der Waals surface area contributed by atoms with E-state index in [4.69, 9.17) is 4.74 Å². The summed E-state index contributed by atoms with van der Waals surface area (Å²) in [5.74, 6) is -0.828. The normalized spacial score (nSPS) is 10.9. The Morgan fingerprint density at radius 1 is 0.962 bits per heavy atom. The van der Waals surface area contributed by atoms with E-state index in [9.17, 15) is 14.4 Å². The summed E-state index contributed by atoms with van der Waals surface area (Å²) in [7, 11) is 0. The Morgan fingerprint density at radius 3 is 2.15 bits per heavy atom. The number of rotatable bonds is 7. The number of nitrogens with one attached hydrogen (secondary N) is 1. The first-order valence-electron chi connectivity index (χ1n) is 8.40. The van der Waals surface area contributed by atoms with Crippen molar-refractivity contribution in [2.45, 2.75) is 32.7 Å². The van der Waals surface area contributed by atoms with Crippen molar-refractivity contribution in [3.63, 3.8) is 0 Å². The Morgan fingerprint density at radius 2 is 1.58 bits per heavy atom. The zero-order valence-corrected chi connectivity index (χ0v) is 15.2. The van der Waals surface area contributed by atoms with Crippen LogP contribution in [-0.2, 0) is 26.3 Å². The van der Waals surface area contributed by atoms with Crippen LogP contribution in [0.4, 0.5) is 0 Å². The van der Waals surface area contributed by atoms with Crippen LogP contribution in [0, 0.1) is 0 Å². The fourth-order valence-corrected chi connectivity index (χ4v) is 2.40. The third-order valence-electron chi connectivity index (χ3n) is 4.16. The van der Waals surface area contributed by atoms with Gasteiger partial charge in [0.05, 0.1) is 5.41 Å². The first-order chi connectivity index (χ1) is 12.3. The van der Waals surface area contributed by atoms with Crippen LogP contribution in [0.3, 0.4) is 0 Å². The summed E-state index contributed by atoms with van der Waals surface area (Å²) in [4.78, 5) is 35.5. The smallest absolute Gasteiger partial charge is 0.316 e. The van der Waals surface area contributed by atoms with E-state index in [-0.39, 0.29) is 18.3 Å². The minimum absolute atomic E-state index is 0.113. The number of ketones is 1. The topological polar surface area (TPSA) is 72.5 Å². The fraction of sp³-hybridized carbons (Fsp3) is 0.286. The highest BCUT2D eigenvalue weighted by Gasteiger charge is 2.31. The lowest BCUT2D eigenvalue weighted by Crippen LogP contribution is -2.32. The third-order valence-corrected chi connectivity index (χ3v) is 4.16. The minimum atomic E-state index is -0.830. The van der Waals surface area contributed by atoms with Gasteiger partial charge >= 0.3 is 5.97 Å². The van der Waals surface area contributed by atoms with Crippen molar-refractivity contribution >= 4 is 17.7 Å². The van der Waals surface area contributed by atoms with Gasteiger partial charge in [-0.2, -0.15) is 0 Å².